The van der Waals surface area contributed by atoms with Gasteiger partial charge in [-0.3, -0.25) is 19.2 Å². The summed E-state index contributed by atoms with van der Waals surface area (Å²) in [5, 5.41) is 0.272. The maximum atomic E-state index is 12.3. The third kappa shape index (κ3) is 5.58. The summed E-state index contributed by atoms with van der Waals surface area (Å²) in [7, 11) is 2.62. The maximum absolute atomic E-state index is 12.3. The molecule has 0 bridgehead atoms. The van der Waals surface area contributed by atoms with E-state index in [1.165, 1.54) is 20.3 Å². The summed E-state index contributed by atoms with van der Waals surface area (Å²) in [6, 6.07) is 1.22. The predicted molar refractivity (Wildman–Crippen MR) is 92.6 cm³/mol. The smallest absolute Gasteiger partial charge is 0.311 e. The lowest BCUT2D eigenvalue weighted by atomic mass is 9.97. The second-order valence-electron chi connectivity index (χ2n) is 5.76. The number of H-pyrrole nitrogens is 1. The van der Waals surface area contributed by atoms with Crippen LogP contribution in [0.1, 0.15) is 18.5 Å². The molecular weight excluding hydrogens is 362 g/mol. The Morgan fingerprint density at radius 2 is 1.96 bits per heavy atom. The molecule has 0 atom stereocenters. The summed E-state index contributed by atoms with van der Waals surface area (Å²) in [5.74, 6) is -0.892. The van der Waals surface area contributed by atoms with Gasteiger partial charge < -0.3 is 19.4 Å². The number of hydrogen-bond acceptors (Lipinski definition) is 8. The summed E-state index contributed by atoms with van der Waals surface area (Å²) in [6.07, 6.45) is 1.04. The monoisotopic (exact) mass is 383 g/mol. The number of aromatic amines is 1. The van der Waals surface area contributed by atoms with Crippen LogP contribution in [0.15, 0.2) is 16.0 Å². The lowest BCUT2D eigenvalue weighted by Crippen LogP contribution is -2.41. The lowest BCUT2D eigenvalue weighted by Gasteiger charge is -2.30. The number of amides is 1. The van der Waals surface area contributed by atoms with Crippen molar-refractivity contribution in [2.45, 2.75) is 24.4 Å². The standard InChI is InChI=1S/C16H21N3O6S/c1-24-14(22)8-11-7-12(20)18-16(17-11)26-9-13(21)19-5-3-10(4-6-19)15(23)25-2/h7,10H,3-6,8-9H2,1-2H3,(H,17,18,20). The van der Waals surface area contributed by atoms with Crippen molar-refractivity contribution >= 4 is 29.6 Å². The van der Waals surface area contributed by atoms with Crippen LogP contribution in [0.5, 0.6) is 0 Å². The van der Waals surface area contributed by atoms with Crippen molar-refractivity contribution in [3.63, 3.8) is 0 Å². The molecule has 142 valence electrons. The molecular formula is C16H21N3O6S. The SMILES string of the molecule is COC(=O)Cc1cc(=O)[nH]c(SCC(=O)N2CCC(C(=O)OC)CC2)n1. The molecule has 0 aliphatic carbocycles. The third-order valence-electron chi connectivity index (χ3n) is 4.04. The number of nitrogens with one attached hydrogen (secondary N) is 1. The Morgan fingerprint density at radius 3 is 2.58 bits per heavy atom. The summed E-state index contributed by atoms with van der Waals surface area (Å²) in [6.45, 7) is 0.983. The van der Waals surface area contributed by atoms with E-state index in [0.717, 1.165) is 11.8 Å². The zero-order valence-corrected chi connectivity index (χ0v) is 15.5. The first kappa shape index (κ1) is 20.0. The van der Waals surface area contributed by atoms with Gasteiger partial charge in [0, 0.05) is 19.2 Å². The molecule has 1 saturated heterocycles. The summed E-state index contributed by atoms with van der Waals surface area (Å²) >= 11 is 1.10. The number of carbonyl (C=O) groups is 3. The van der Waals surface area contributed by atoms with E-state index in [9.17, 15) is 19.2 Å². The predicted octanol–water partition coefficient (Wildman–Crippen LogP) is -0.0109. The summed E-state index contributed by atoms with van der Waals surface area (Å²) in [4.78, 5) is 55.2. The number of nitrogens with zero attached hydrogens (tertiary/aromatic N) is 2. The quantitative estimate of drug-likeness (QED) is 0.414. The molecule has 26 heavy (non-hydrogen) atoms. The van der Waals surface area contributed by atoms with E-state index < -0.39 is 11.5 Å². The Balaban J connectivity index is 1.88. The molecule has 1 aliphatic rings. The zero-order valence-electron chi connectivity index (χ0n) is 14.6. The van der Waals surface area contributed by atoms with Crippen molar-refractivity contribution in [2.75, 3.05) is 33.1 Å². The Labute approximate surface area is 154 Å². The number of likely N-dealkylation sites (tertiary alicyclic amines) is 1. The minimum absolute atomic E-state index is 0.0978. The lowest BCUT2D eigenvalue weighted by molar-refractivity contribution is -0.148. The van der Waals surface area contributed by atoms with E-state index in [1.807, 2.05) is 0 Å². The largest absolute Gasteiger partial charge is 0.469 e. The van der Waals surface area contributed by atoms with Gasteiger partial charge >= 0.3 is 11.9 Å². The average Bonchev–Trinajstić information content (AvgIpc) is 2.65. The van der Waals surface area contributed by atoms with Crippen LogP contribution in [0.3, 0.4) is 0 Å². The fourth-order valence-corrected chi connectivity index (χ4v) is 3.41. The second kappa shape index (κ2) is 9.37. The van der Waals surface area contributed by atoms with Crippen LogP contribution in [0.2, 0.25) is 0 Å². The van der Waals surface area contributed by atoms with E-state index in [0.29, 0.717) is 25.9 Å². The van der Waals surface area contributed by atoms with E-state index in [1.54, 1.807) is 4.90 Å². The topological polar surface area (TPSA) is 119 Å². The molecule has 10 heteroatoms. The van der Waals surface area contributed by atoms with Crippen LogP contribution < -0.4 is 5.56 Å². The van der Waals surface area contributed by atoms with Crippen molar-refractivity contribution in [1.29, 1.82) is 0 Å². The van der Waals surface area contributed by atoms with E-state index in [2.05, 4.69) is 14.7 Å². The minimum atomic E-state index is -0.497. The van der Waals surface area contributed by atoms with Gasteiger partial charge in [-0.1, -0.05) is 11.8 Å². The molecule has 0 radical (unpaired) electrons. The molecule has 2 rings (SSSR count). The molecule has 1 fully saturated rings. The minimum Gasteiger partial charge on any atom is -0.469 e. The molecule has 1 N–H and O–H groups in total. The number of aromatic nitrogens is 2. The first-order chi connectivity index (χ1) is 12.4. The fraction of sp³-hybridized carbons (Fsp3) is 0.562. The summed E-state index contributed by atoms with van der Waals surface area (Å²) in [5.41, 5.74) is -0.109. The van der Waals surface area contributed by atoms with Crippen molar-refractivity contribution in [1.82, 2.24) is 14.9 Å². The highest BCUT2D eigenvalue weighted by molar-refractivity contribution is 7.99. The van der Waals surface area contributed by atoms with Crippen molar-refractivity contribution < 1.29 is 23.9 Å². The highest BCUT2D eigenvalue weighted by Crippen LogP contribution is 2.20. The number of methoxy groups -OCH3 is 2. The molecule has 1 aromatic rings. The van der Waals surface area contributed by atoms with Crippen LogP contribution >= 0.6 is 11.8 Å². The van der Waals surface area contributed by atoms with Crippen molar-refractivity contribution in [3.8, 4) is 0 Å². The van der Waals surface area contributed by atoms with Crippen LogP contribution in [0, 0.1) is 5.92 Å². The maximum Gasteiger partial charge on any atom is 0.311 e. The van der Waals surface area contributed by atoms with Gasteiger partial charge in [-0.15, -0.1) is 0 Å². The normalized spacial score (nSPS) is 14.8. The third-order valence-corrected chi connectivity index (χ3v) is 4.90. The Kier molecular flexibility index (Phi) is 7.19. The number of esters is 2. The number of ether oxygens (including phenoxy) is 2. The molecule has 1 amide bonds. The molecule has 1 aromatic heterocycles. The number of rotatable bonds is 6. The van der Waals surface area contributed by atoms with Gasteiger partial charge in [0.25, 0.3) is 5.56 Å². The number of hydrogen-bond donors (Lipinski definition) is 1. The van der Waals surface area contributed by atoms with Gasteiger partial charge in [0.05, 0.1) is 38.0 Å². The van der Waals surface area contributed by atoms with Gasteiger partial charge in [0.2, 0.25) is 5.91 Å². The highest BCUT2D eigenvalue weighted by Gasteiger charge is 2.27. The average molecular weight is 383 g/mol. The van der Waals surface area contributed by atoms with Crippen molar-refractivity contribution in [2.24, 2.45) is 5.92 Å². The highest BCUT2D eigenvalue weighted by atomic mass is 32.2. The first-order valence-electron chi connectivity index (χ1n) is 8.08. The zero-order chi connectivity index (χ0) is 19.1. The van der Waals surface area contributed by atoms with Crippen LogP contribution in [-0.2, 0) is 30.3 Å². The summed E-state index contributed by atoms with van der Waals surface area (Å²) < 4.78 is 9.28. The Hall–Kier alpha value is -2.36. The number of carbonyl (C=O) groups excluding carboxylic acids is 3. The molecule has 2 heterocycles. The van der Waals surface area contributed by atoms with Crippen LogP contribution in [0.4, 0.5) is 0 Å². The van der Waals surface area contributed by atoms with Gasteiger partial charge in [-0.2, -0.15) is 0 Å². The molecule has 0 unspecified atom stereocenters. The molecule has 0 spiro atoms. The van der Waals surface area contributed by atoms with E-state index in [4.69, 9.17) is 4.74 Å². The molecule has 9 nitrogen and oxygen atoms in total. The molecule has 0 saturated carbocycles. The number of piperidine rings is 1. The second-order valence-corrected chi connectivity index (χ2v) is 6.73. The molecule has 0 aromatic carbocycles. The fourth-order valence-electron chi connectivity index (χ4n) is 2.62. The first-order valence-corrected chi connectivity index (χ1v) is 9.07. The number of thioether (sulfide) groups is 1. The van der Waals surface area contributed by atoms with Gasteiger partial charge in [0.1, 0.15) is 0 Å². The van der Waals surface area contributed by atoms with Gasteiger partial charge in [-0.25, -0.2) is 4.98 Å². The Bertz CT molecular complexity index is 727. The van der Waals surface area contributed by atoms with Gasteiger partial charge in [0.15, 0.2) is 5.16 Å². The van der Waals surface area contributed by atoms with E-state index in [-0.39, 0.29) is 40.8 Å². The van der Waals surface area contributed by atoms with Gasteiger partial charge in [-0.05, 0) is 12.8 Å². The molecule has 1 aliphatic heterocycles. The van der Waals surface area contributed by atoms with Crippen LogP contribution in [-0.4, -0.2) is 65.8 Å². The van der Waals surface area contributed by atoms with Crippen molar-refractivity contribution in [3.05, 3.63) is 22.1 Å². The Morgan fingerprint density at radius 1 is 1.27 bits per heavy atom. The van der Waals surface area contributed by atoms with E-state index >= 15 is 0 Å². The van der Waals surface area contributed by atoms with Crippen LogP contribution in [0.25, 0.3) is 0 Å².